The van der Waals surface area contributed by atoms with Gasteiger partial charge in [-0.25, -0.2) is 0 Å². The molecule has 1 aromatic carbocycles. The van der Waals surface area contributed by atoms with Gasteiger partial charge in [-0.1, -0.05) is 43.5 Å². The predicted octanol–water partition coefficient (Wildman–Crippen LogP) is 3.41. The summed E-state index contributed by atoms with van der Waals surface area (Å²) in [5, 5.41) is 4.10. The lowest BCUT2D eigenvalue weighted by molar-refractivity contribution is -0.115. The van der Waals surface area contributed by atoms with Crippen molar-refractivity contribution in [2.45, 2.75) is 20.3 Å². The summed E-state index contributed by atoms with van der Waals surface area (Å²) in [4.78, 5) is 14.6. The fourth-order valence-corrected chi connectivity index (χ4v) is 2.47. The summed E-state index contributed by atoms with van der Waals surface area (Å²) in [6, 6.07) is 9.64. The number of likely N-dealkylation sites (N-methyl/N-ethyl adjacent to an activating group) is 1. The molecule has 0 radical (unpaired) electrons. The molecule has 1 atom stereocenters. The third kappa shape index (κ3) is 4.14. The molecule has 1 aromatic heterocycles. The largest absolute Gasteiger partial charge is 0.309 e. The Morgan fingerprint density at radius 3 is 2.58 bits per heavy atom. The standard InChI is InChI=1S/C20H23N3O/c1-5-18(13-12-17-14-21-22(4)15-17)16(3)20(24)23(6-2)19-10-8-7-9-11-19/h7-11,14-15,18H,3,5-6H2,1-2,4H3. The Bertz CT molecular complexity index is 765. The SMILES string of the molecule is C=C(C(=O)N(CC)c1ccccc1)C(C#Cc1cnn(C)c1)CC. The number of amides is 1. The van der Waals surface area contributed by atoms with Gasteiger partial charge < -0.3 is 4.90 Å². The fourth-order valence-electron chi connectivity index (χ4n) is 2.47. The summed E-state index contributed by atoms with van der Waals surface area (Å²) >= 11 is 0. The van der Waals surface area contributed by atoms with Crippen LogP contribution in [0.25, 0.3) is 0 Å². The van der Waals surface area contributed by atoms with Gasteiger partial charge in [-0.15, -0.1) is 0 Å². The first-order chi connectivity index (χ1) is 11.6. The third-order valence-electron chi connectivity index (χ3n) is 3.83. The summed E-state index contributed by atoms with van der Waals surface area (Å²) in [5.41, 5.74) is 2.24. The molecule has 0 spiro atoms. The van der Waals surface area contributed by atoms with E-state index in [1.807, 2.05) is 57.4 Å². The molecule has 0 N–H and O–H groups in total. The van der Waals surface area contributed by atoms with E-state index in [4.69, 9.17) is 0 Å². The number of rotatable bonds is 5. The molecule has 1 unspecified atom stereocenters. The Labute approximate surface area is 143 Å². The molecule has 4 heteroatoms. The summed E-state index contributed by atoms with van der Waals surface area (Å²) in [7, 11) is 1.85. The molecule has 24 heavy (non-hydrogen) atoms. The zero-order valence-electron chi connectivity index (χ0n) is 14.5. The molecule has 0 aliphatic carbocycles. The van der Waals surface area contributed by atoms with Crippen molar-refractivity contribution in [1.29, 1.82) is 0 Å². The van der Waals surface area contributed by atoms with Gasteiger partial charge in [0.15, 0.2) is 0 Å². The number of aryl methyl sites for hydroxylation is 1. The van der Waals surface area contributed by atoms with E-state index in [0.717, 1.165) is 17.7 Å². The molecule has 0 bridgehead atoms. The second-order valence-electron chi connectivity index (χ2n) is 5.54. The van der Waals surface area contributed by atoms with Crippen LogP contribution >= 0.6 is 0 Å². The van der Waals surface area contributed by atoms with Gasteiger partial charge in [0, 0.05) is 31.0 Å². The van der Waals surface area contributed by atoms with Crippen LogP contribution in [0, 0.1) is 17.8 Å². The van der Waals surface area contributed by atoms with E-state index in [0.29, 0.717) is 12.1 Å². The molecular weight excluding hydrogens is 298 g/mol. The highest BCUT2D eigenvalue weighted by atomic mass is 16.2. The fraction of sp³-hybridized carbons (Fsp3) is 0.300. The molecule has 2 rings (SSSR count). The number of anilines is 1. The number of carbonyl (C=O) groups excluding carboxylic acids is 1. The van der Waals surface area contributed by atoms with E-state index in [9.17, 15) is 4.79 Å². The number of aromatic nitrogens is 2. The molecule has 1 heterocycles. The van der Waals surface area contributed by atoms with Crippen molar-refractivity contribution in [3.05, 3.63) is 60.4 Å². The Morgan fingerprint density at radius 1 is 1.33 bits per heavy atom. The van der Waals surface area contributed by atoms with Gasteiger partial charge in [0.2, 0.25) is 0 Å². The summed E-state index contributed by atoms with van der Waals surface area (Å²) in [6.45, 7) is 8.59. The molecule has 4 nitrogen and oxygen atoms in total. The average molecular weight is 321 g/mol. The first-order valence-corrected chi connectivity index (χ1v) is 8.12. The van der Waals surface area contributed by atoms with Crippen LogP contribution in [0.2, 0.25) is 0 Å². The van der Waals surface area contributed by atoms with Crippen LogP contribution in [0.5, 0.6) is 0 Å². The van der Waals surface area contributed by atoms with Gasteiger partial charge >= 0.3 is 0 Å². The van der Waals surface area contributed by atoms with Gasteiger partial charge in [-0.05, 0) is 25.5 Å². The van der Waals surface area contributed by atoms with Gasteiger partial charge in [-0.2, -0.15) is 5.10 Å². The zero-order valence-corrected chi connectivity index (χ0v) is 14.5. The monoisotopic (exact) mass is 321 g/mol. The molecule has 2 aromatic rings. The van der Waals surface area contributed by atoms with Crippen molar-refractivity contribution in [1.82, 2.24) is 9.78 Å². The van der Waals surface area contributed by atoms with E-state index in [-0.39, 0.29) is 11.8 Å². The summed E-state index contributed by atoms with van der Waals surface area (Å²) in [6.07, 6.45) is 4.31. The first kappa shape index (κ1) is 17.6. The zero-order chi connectivity index (χ0) is 17.5. The Morgan fingerprint density at radius 2 is 2.04 bits per heavy atom. The predicted molar refractivity (Wildman–Crippen MR) is 97.5 cm³/mol. The molecule has 0 fully saturated rings. The Balaban J connectivity index is 2.18. The maximum Gasteiger partial charge on any atom is 0.254 e. The first-order valence-electron chi connectivity index (χ1n) is 8.12. The highest BCUT2D eigenvalue weighted by Crippen LogP contribution is 2.20. The molecule has 1 amide bonds. The van der Waals surface area contributed by atoms with Crippen LogP contribution in [0.1, 0.15) is 25.8 Å². The van der Waals surface area contributed by atoms with Crippen molar-refractivity contribution in [2.24, 2.45) is 13.0 Å². The van der Waals surface area contributed by atoms with Gasteiger partial charge in [0.05, 0.1) is 17.7 Å². The molecule has 0 saturated carbocycles. The smallest absolute Gasteiger partial charge is 0.254 e. The van der Waals surface area contributed by atoms with Crippen LogP contribution in [0.4, 0.5) is 5.69 Å². The van der Waals surface area contributed by atoms with E-state index in [1.54, 1.807) is 15.8 Å². The number of hydrogen-bond acceptors (Lipinski definition) is 2. The Hall–Kier alpha value is -2.80. The minimum Gasteiger partial charge on any atom is -0.309 e. The van der Waals surface area contributed by atoms with Crippen molar-refractivity contribution < 1.29 is 4.79 Å². The van der Waals surface area contributed by atoms with Crippen LogP contribution in [0.3, 0.4) is 0 Å². The van der Waals surface area contributed by atoms with E-state index in [1.165, 1.54) is 0 Å². The third-order valence-corrected chi connectivity index (χ3v) is 3.83. The van der Waals surface area contributed by atoms with Crippen molar-refractivity contribution in [3.63, 3.8) is 0 Å². The summed E-state index contributed by atoms with van der Waals surface area (Å²) in [5.74, 6) is 6.00. The lowest BCUT2D eigenvalue weighted by Crippen LogP contribution is -2.33. The minimum absolute atomic E-state index is 0.0731. The Kier molecular flexibility index (Phi) is 5.97. The van der Waals surface area contributed by atoms with Crippen molar-refractivity contribution >= 4 is 11.6 Å². The lowest BCUT2D eigenvalue weighted by Gasteiger charge is -2.23. The molecular formula is C20H23N3O. The van der Waals surface area contributed by atoms with Crippen molar-refractivity contribution in [2.75, 3.05) is 11.4 Å². The molecule has 0 saturated heterocycles. The number of nitrogens with zero attached hydrogens (tertiary/aromatic N) is 3. The topological polar surface area (TPSA) is 38.1 Å². The minimum atomic E-state index is -0.171. The number of para-hydroxylation sites is 1. The lowest BCUT2D eigenvalue weighted by atomic mass is 9.96. The average Bonchev–Trinajstić information content (AvgIpc) is 3.02. The number of carbonyl (C=O) groups is 1. The van der Waals surface area contributed by atoms with Gasteiger partial charge in [0.1, 0.15) is 0 Å². The number of hydrogen-bond donors (Lipinski definition) is 0. The van der Waals surface area contributed by atoms with Crippen LogP contribution in [0.15, 0.2) is 54.9 Å². The van der Waals surface area contributed by atoms with Gasteiger partial charge in [0.25, 0.3) is 5.91 Å². The van der Waals surface area contributed by atoms with Gasteiger partial charge in [-0.3, -0.25) is 9.48 Å². The second-order valence-corrected chi connectivity index (χ2v) is 5.54. The summed E-state index contributed by atoms with van der Waals surface area (Å²) < 4.78 is 1.71. The molecule has 0 aliphatic heterocycles. The van der Waals surface area contributed by atoms with Crippen LogP contribution in [-0.4, -0.2) is 22.2 Å². The highest BCUT2D eigenvalue weighted by Gasteiger charge is 2.21. The van der Waals surface area contributed by atoms with E-state index in [2.05, 4.69) is 23.5 Å². The normalized spacial score (nSPS) is 11.3. The van der Waals surface area contributed by atoms with Crippen LogP contribution < -0.4 is 4.90 Å². The molecule has 124 valence electrons. The maximum absolute atomic E-state index is 12.8. The molecule has 0 aliphatic rings. The van der Waals surface area contributed by atoms with E-state index >= 15 is 0 Å². The second kappa shape index (κ2) is 8.16. The van der Waals surface area contributed by atoms with E-state index < -0.39 is 0 Å². The van der Waals surface area contributed by atoms with Crippen LogP contribution in [-0.2, 0) is 11.8 Å². The quantitative estimate of drug-likeness (QED) is 0.625. The highest BCUT2D eigenvalue weighted by molar-refractivity contribution is 6.05. The number of benzene rings is 1. The maximum atomic E-state index is 12.8. The van der Waals surface area contributed by atoms with Crippen molar-refractivity contribution in [3.8, 4) is 11.8 Å².